The van der Waals surface area contributed by atoms with Gasteiger partial charge in [0.1, 0.15) is 27.5 Å². The van der Waals surface area contributed by atoms with Gasteiger partial charge in [0.25, 0.3) is 5.69 Å². The predicted octanol–water partition coefficient (Wildman–Crippen LogP) is 3.41. The van der Waals surface area contributed by atoms with Crippen molar-refractivity contribution in [2.75, 3.05) is 42.6 Å². The van der Waals surface area contributed by atoms with Gasteiger partial charge in [0.2, 0.25) is 0 Å². The summed E-state index contributed by atoms with van der Waals surface area (Å²) in [6, 6.07) is 6.80. The van der Waals surface area contributed by atoms with Crippen LogP contribution in [0.4, 0.5) is 17.2 Å². The van der Waals surface area contributed by atoms with Gasteiger partial charge in [-0.25, -0.2) is 14.8 Å². The molecule has 4 rings (SSSR count). The van der Waals surface area contributed by atoms with Crippen molar-refractivity contribution in [3.63, 3.8) is 0 Å². The summed E-state index contributed by atoms with van der Waals surface area (Å²) in [5, 5.41) is 12.2. The van der Waals surface area contributed by atoms with Gasteiger partial charge in [-0.1, -0.05) is 12.1 Å². The van der Waals surface area contributed by atoms with Crippen molar-refractivity contribution in [3.8, 4) is 0 Å². The van der Waals surface area contributed by atoms with Crippen molar-refractivity contribution in [2.24, 2.45) is 0 Å². The molecule has 10 heteroatoms. The van der Waals surface area contributed by atoms with E-state index in [-0.39, 0.29) is 16.6 Å². The molecule has 0 atom stereocenters. The molecule has 1 aliphatic heterocycles. The minimum absolute atomic E-state index is 0.114. The van der Waals surface area contributed by atoms with E-state index in [1.54, 1.807) is 19.1 Å². The molecule has 0 N–H and O–H groups in total. The van der Waals surface area contributed by atoms with Gasteiger partial charge in [0, 0.05) is 32.2 Å². The zero-order valence-electron chi connectivity index (χ0n) is 16.7. The van der Waals surface area contributed by atoms with E-state index in [2.05, 4.69) is 14.9 Å². The normalized spacial score (nSPS) is 14.2. The number of carbonyl (C=O) groups excluding carboxylic acids is 1. The molecule has 9 nitrogen and oxygen atoms in total. The predicted molar refractivity (Wildman–Crippen MR) is 116 cm³/mol. The summed E-state index contributed by atoms with van der Waals surface area (Å²) in [6.07, 6.45) is 1.51. The first-order chi connectivity index (χ1) is 14.5. The average molecular weight is 427 g/mol. The zero-order valence-corrected chi connectivity index (χ0v) is 17.5. The maximum atomic E-state index is 12.3. The van der Waals surface area contributed by atoms with Gasteiger partial charge in [-0.15, -0.1) is 11.3 Å². The quantitative estimate of drug-likeness (QED) is 0.347. The lowest BCUT2D eigenvalue weighted by atomic mass is 10.1. The van der Waals surface area contributed by atoms with Gasteiger partial charge >= 0.3 is 5.97 Å². The lowest BCUT2D eigenvalue weighted by Crippen LogP contribution is -2.47. The second kappa shape index (κ2) is 8.23. The number of nitro benzene ring substituents is 1. The molecule has 0 amide bonds. The molecular weight excluding hydrogens is 406 g/mol. The highest BCUT2D eigenvalue weighted by molar-refractivity contribution is 7.20. The number of aromatic nitrogens is 2. The van der Waals surface area contributed by atoms with Crippen LogP contribution in [-0.4, -0.2) is 53.6 Å². The van der Waals surface area contributed by atoms with Crippen molar-refractivity contribution in [1.29, 1.82) is 0 Å². The smallest absolute Gasteiger partial charge is 0.348 e. The Morgan fingerprint density at radius 1 is 1.20 bits per heavy atom. The number of ether oxygens (including phenoxy) is 1. The summed E-state index contributed by atoms with van der Waals surface area (Å²) < 4.78 is 5.17. The van der Waals surface area contributed by atoms with Gasteiger partial charge in [-0.2, -0.15) is 0 Å². The Balaban J connectivity index is 1.60. The van der Waals surface area contributed by atoms with E-state index in [0.717, 1.165) is 21.6 Å². The number of esters is 1. The Kier molecular flexibility index (Phi) is 5.49. The molecule has 1 aromatic carbocycles. The standard InChI is InChI=1S/C20H21N5O4S/c1-3-29-20(26)17-13(2)16-18(21-12-22-19(16)30-17)24-10-8-23(9-11-24)14-6-4-5-7-15(14)25(27)28/h4-7,12H,3,8-11H2,1-2H3. The number of para-hydroxylation sites is 2. The molecule has 0 radical (unpaired) electrons. The fourth-order valence-electron chi connectivity index (χ4n) is 3.73. The molecule has 3 heterocycles. The molecule has 0 bridgehead atoms. The molecule has 156 valence electrons. The first-order valence-electron chi connectivity index (χ1n) is 9.65. The largest absolute Gasteiger partial charge is 0.462 e. The number of aryl methyl sites for hydroxylation is 1. The number of nitro groups is 1. The van der Waals surface area contributed by atoms with Crippen LogP contribution >= 0.6 is 11.3 Å². The SMILES string of the molecule is CCOC(=O)c1sc2ncnc(N3CCN(c4ccccc4[N+](=O)[O-])CC3)c2c1C. The summed E-state index contributed by atoms with van der Waals surface area (Å²) in [6.45, 7) is 6.56. The molecule has 1 aliphatic rings. The molecule has 0 spiro atoms. The van der Waals surface area contributed by atoms with Crippen LogP contribution in [0.2, 0.25) is 0 Å². The fourth-order valence-corrected chi connectivity index (χ4v) is 4.77. The Bertz CT molecular complexity index is 1110. The van der Waals surface area contributed by atoms with Gasteiger partial charge in [-0.3, -0.25) is 10.1 Å². The summed E-state index contributed by atoms with van der Waals surface area (Å²) in [4.78, 5) is 37.6. The molecule has 30 heavy (non-hydrogen) atoms. The van der Waals surface area contributed by atoms with Crippen LogP contribution in [0.15, 0.2) is 30.6 Å². The third-order valence-corrected chi connectivity index (χ3v) is 6.35. The van der Waals surface area contributed by atoms with Gasteiger partial charge in [-0.05, 0) is 25.5 Å². The van der Waals surface area contributed by atoms with Crippen LogP contribution in [0.3, 0.4) is 0 Å². The maximum absolute atomic E-state index is 12.3. The Morgan fingerprint density at radius 3 is 2.60 bits per heavy atom. The summed E-state index contributed by atoms with van der Waals surface area (Å²) in [5.41, 5.74) is 1.57. The van der Waals surface area contributed by atoms with E-state index < -0.39 is 0 Å². The molecule has 0 saturated carbocycles. The number of anilines is 2. The lowest BCUT2D eigenvalue weighted by molar-refractivity contribution is -0.384. The molecule has 3 aromatic rings. The number of nitrogens with zero attached hydrogens (tertiary/aromatic N) is 5. The summed E-state index contributed by atoms with van der Waals surface area (Å²) >= 11 is 1.31. The van der Waals surface area contributed by atoms with E-state index in [1.807, 2.05) is 17.9 Å². The number of thiophene rings is 1. The number of hydrogen-bond donors (Lipinski definition) is 0. The summed E-state index contributed by atoms with van der Waals surface area (Å²) in [7, 11) is 0. The van der Waals surface area contributed by atoms with Crippen LogP contribution in [-0.2, 0) is 4.74 Å². The van der Waals surface area contributed by atoms with Crippen LogP contribution in [0, 0.1) is 17.0 Å². The van der Waals surface area contributed by atoms with Crippen LogP contribution in [0.5, 0.6) is 0 Å². The topological polar surface area (TPSA) is 102 Å². The maximum Gasteiger partial charge on any atom is 0.348 e. The Morgan fingerprint density at radius 2 is 1.90 bits per heavy atom. The van der Waals surface area contributed by atoms with Crippen molar-refractivity contribution < 1.29 is 14.5 Å². The van der Waals surface area contributed by atoms with Crippen molar-refractivity contribution in [2.45, 2.75) is 13.8 Å². The average Bonchev–Trinajstić information content (AvgIpc) is 3.11. The van der Waals surface area contributed by atoms with Crippen LogP contribution in [0.1, 0.15) is 22.2 Å². The Labute approximate surface area is 177 Å². The number of piperazine rings is 1. The van der Waals surface area contributed by atoms with Gasteiger partial charge < -0.3 is 14.5 Å². The number of hydrogen-bond acceptors (Lipinski definition) is 9. The molecule has 0 unspecified atom stereocenters. The summed E-state index contributed by atoms with van der Waals surface area (Å²) in [5.74, 6) is 0.441. The third kappa shape index (κ3) is 3.54. The third-order valence-electron chi connectivity index (χ3n) is 5.17. The molecule has 1 saturated heterocycles. The second-order valence-corrected chi connectivity index (χ2v) is 7.87. The van der Waals surface area contributed by atoms with Crippen LogP contribution in [0.25, 0.3) is 10.2 Å². The van der Waals surface area contributed by atoms with E-state index >= 15 is 0 Å². The Hall–Kier alpha value is -3.27. The van der Waals surface area contributed by atoms with Gasteiger partial charge in [0.05, 0.1) is 16.9 Å². The minimum atomic E-state index is -0.346. The molecule has 0 aliphatic carbocycles. The highest BCUT2D eigenvalue weighted by Crippen LogP contribution is 2.36. The highest BCUT2D eigenvalue weighted by atomic mass is 32.1. The van der Waals surface area contributed by atoms with Crippen molar-refractivity contribution >= 4 is 44.7 Å². The number of rotatable bonds is 5. The highest BCUT2D eigenvalue weighted by Gasteiger charge is 2.27. The number of fused-ring (bicyclic) bond motifs is 1. The van der Waals surface area contributed by atoms with Crippen molar-refractivity contribution in [3.05, 3.63) is 51.1 Å². The van der Waals surface area contributed by atoms with Crippen molar-refractivity contribution in [1.82, 2.24) is 9.97 Å². The number of benzene rings is 1. The van der Waals surface area contributed by atoms with Crippen LogP contribution < -0.4 is 9.80 Å². The second-order valence-electron chi connectivity index (χ2n) is 6.87. The molecular formula is C20H21N5O4S. The first-order valence-corrected chi connectivity index (χ1v) is 10.5. The van der Waals surface area contributed by atoms with E-state index in [4.69, 9.17) is 4.74 Å². The molecule has 2 aromatic heterocycles. The van der Waals surface area contributed by atoms with E-state index in [0.29, 0.717) is 43.4 Å². The molecule has 1 fully saturated rings. The first kappa shape index (κ1) is 20.0. The van der Waals surface area contributed by atoms with E-state index in [1.165, 1.54) is 23.7 Å². The van der Waals surface area contributed by atoms with Gasteiger partial charge in [0.15, 0.2) is 0 Å². The zero-order chi connectivity index (χ0) is 21.3. The lowest BCUT2D eigenvalue weighted by Gasteiger charge is -2.36. The van der Waals surface area contributed by atoms with E-state index in [9.17, 15) is 14.9 Å². The fraction of sp³-hybridized carbons (Fsp3) is 0.350. The minimum Gasteiger partial charge on any atom is -0.462 e. The monoisotopic (exact) mass is 427 g/mol. The number of carbonyl (C=O) groups is 1.